The van der Waals surface area contributed by atoms with Crippen molar-refractivity contribution in [2.75, 3.05) is 38.1 Å². The smallest absolute Gasteiger partial charge is 0.448 e. The molecule has 0 radical (unpaired) electrons. The summed E-state index contributed by atoms with van der Waals surface area (Å²) in [5.41, 5.74) is 3.50. The number of hydrogen-bond donors (Lipinski definition) is 1. The van der Waals surface area contributed by atoms with Gasteiger partial charge in [0.2, 0.25) is 0 Å². The molecule has 3 aromatic carbocycles. The summed E-state index contributed by atoms with van der Waals surface area (Å²) < 4.78 is 53.3. The maximum Gasteiger partial charge on any atom is 1.00 e. The predicted molar refractivity (Wildman–Crippen MR) is 162 cm³/mol. The monoisotopic (exact) mass is 633 g/mol. The molecule has 1 N–H and O–H groups in total. The fraction of sp³-hybridized carbons (Fsp3) is 0.375. The molecule has 0 saturated carbocycles. The molecule has 1 saturated heterocycles. The Balaban J connectivity index is 0.00000442. The molecule has 3 aromatic rings. The third kappa shape index (κ3) is 8.07. The number of rotatable bonds is 6. The number of nitrogens with one attached hydrogen (secondary N) is 1. The zero-order valence-electron chi connectivity index (χ0n) is 25.8. The summed E-state index contributed by atoms with van der Waals surface area (Å²) in [7, 11) is 0. The largest absolute Gasteiger partial charge is 1.00 e. The number of halogens is 3. The van der Waals surface area contributed by atoms with E-state index in [4.69, 9.17) is 9.47 Å². The van der Waals surface area contributed by atoms with Gasteiger partial charge in [0.05, 0.1) is 0 Å². The van der Waals surface area contributed by atoms with E-state index in [2.05, 4.69) is 5.32 Å². The van der Waals surface area contributed by atoms with Gasteiger partial charge < -0.3 is 27.3 Å². The van der Waals surface area contributed by atoms with Crippen molar-refractivity contribution in [2.24, 2.45) is 0 Å². The predicted octanol–water partition coefficient (Wildman–Crippen LogP) is 3.47. The Labute approximate surface area is 298 Å². The first kappa shape index (κ1) is 34.5. The molecule has 44 heavy (non-hydrogen) atoms. The molecule has 5 rings (SSSR count). The number of carbonyl (C=O) groups is 2. The molecule has 7 nitrogen and oxygen atoms in total. The first-order valence-electron chi connectivity index (χ1n) is 14.5. The number of fused-ring (bicyclic) bond motifs is 3. The van der Waals surface area contributed by atoms with Gasteiger partial charge in [0, 0.05) is 44.3 Å². The van der Waals surface area contributed by atoms with Crippen molar-refractivity contribution in [1.82, 2.24) is 9.80 Å². The molecule has 228 valence electrons. The zero-order valence-corrected chi connectivity index (χ0v) is 29.0. The van der Waals surface area contributed by atoms with Crippen LogP contribution in [0.15, 0.2) is 60.7 Å². The number of hydrogen-bond acceptors (Lipinski definition) is 5. The van der Waals surface area contributed by atoms with Crippen molar-refractivity contribution in [3.8, 4) is 11.1 Å². The summed E-state index contributed by atoms with van der Waals surface area (Å²) in [5.74, 6) is -0.167. The van der Waals surface area contributed by atoms with E-state index in [9.17, 15) is 22.5 Å². The van der Waals surface area contributed by atoms with E-state index in [1.54, 1.807) is 31.7 Å². The quantitative estimate of drug-likeness (QED) is 0.422. The number of amides is 2. The van der Waals surface area contributed by atoms with E-state index in [1.807, 2.05) is 53.4 Å². The van der Waals surface area contributed by atoms with E-state index >= 15 is 0 Å². The molecule has 0 spiro atoms. The summed E-state index contributed by atoms with van der Waals surface area (Å²) in [6.07, 6.45) is -1.22. The number of ether oxygens (including phenoxy) is 2. The Hall–Kier alpha value is -2.35. The molecule has 0 atom stereocenters. The minimum Gasteiger partial charge on any atom is -0.448 e. The SMILES string of the molecule is Cc1c(CN2CCN(C(=O)OC(C)(C)C)CC2)cc(NC(=O)OCC2c3ccccc3-c3ccccc32)cc1[B-](F)(F)F.[K+]. The van der Waals surface area contributed by atoms with Gasteiger partial charge in [-0.3, -0.25) is 10.2 Å². The molecule has 2 amide bonds. The molecule has 0 unspecified atom stereocenters. The first-order valence-corrected chi connectivity index (χ1v) is 14.5. The number of piperazine rings is 1. The van der Waals surface area contributed by atoms with Gasteiger partial charge in [-0.25, -0.2) is 9.59 Å². The van der Waals surface area contributed by atoms with Crippen molar-refractivity contribution < 1.29 is 83.4 Å². The Morgan fingerprint density at radius 1 is 0.932 bits per heavy atom. The van der Waals surface area contributed by atoms with Gasteiger partial charge >= 0.3 is 70.5 Å². The summed E-state index contributed by atoms with van der Waals surface area (Å²) >= 11 is 0. The Morgan fingerprint density at radius 2 is 1.50 bits per heavy atom. The summed E-state index contributed by atoms with van der Waals surface area (Å²) in [6, 6.07) is 18.4. The molecule has 1 aliphatic heterocycles. The number of benzene rings is 3. The third-order valence-electron chi connectivity index (χ3n) is 7.92. The molecule has 1 heterocycles. The van der Waals surface area contributed by atoms with Gasteiger partial charge in [0.25, 0.3) is 0 Å². The van der Waals surface area contributed by atoms with Crippen LogP contribution in [0, 0.1) is 6.92 Å². The van der Waals surface area contributed by atoms with Crippen molar-refractivity contribution in [3.05, 3.63) is 82.9 Å². The minimum absolute atomic E-state index is 0. The van der Waals surface area contributed by atoms with Gasteiger partial charge in [-0.15, -0.1) is 5.46 Å². The number of carbonyl (C=O) groups excluding carboxylic acids is 2. The minimum atomic E-state index is -5.32. The molecule has 2 aliphatic rings. The second-order valence-corrected chi connectivity index (χ2v) is 12.1. The van der Waals surface area contributed by atoms with E-state index < -0.39 is 30.2 Å². The van der Waals surface area contributed by atoms with Crippen LogP contribution in [0.5, 0.6) is 0 Å². The fourth-order valence-corrected chi connectivity index (χ4v) is 5.78. The third-order valence-corrected chi connectivity index (χ3v) is 7.92. The average Bonchev–Trinajstić information content (AvgIpc) is 3.26. The van der Waals surface area contributed by atoms with Gasteiger partial charge in [-0.1, -0.05) is 60.2 Å². The number of anilines is 1. The Morgan fingerprint density at radius 3 is 2.05 bits per heavy atom. The van der Waals surface area contributed by atoms with Crippen LogP contribution in [0.25, 0.3) is 11.1 Å². The maximum atomic E-state index is 14.1. The van der Waals surface area contributed by atoms with Gasteiger partial charge in [0.1, 0.15) is 12.2 Å². The Kier molecular flexibility index (Phi) is 11.0. The van der Waals surface area contributed by atoms with E-state index in [-0.39, 0.29) is 81.7 Å². The van der Waals surface area contributed by atoms with Crippen molar-refractivity contribution in [3.63, 3.8) is 0 Å². The molecule has 0 bridgehead atoms. The van der Waals surface area contributed by atoms with Crippen LogP contribution < -0.4 is 62.2 Å². The summed E-state index contributed by atoms with van der Waals surface area (Å²) in [6.45, 7) is 3.59. The van der Waals surface area contributed by atoms with Crippen molar-refractivity contribution in [1.29, 1.82) is 0 Å². The van der Waals surface area contributed by atoms with Gasteiger partial charge in [0.15, 0.2) is 0 Å². The van der Waals surface area contributed by atoms with E-state index in [0.29, 0.717) is 31.7 Å². The van der Waals surface area contributed by atoms with E-state index in [0.717, 1.165) is 28.3 Å². The molecule has 1 fully saturated rings. The molecule has 12 heteroatoms. The first-order chi connectivity index (χ1) is 20.3. The van der Waals surface area contributed by atoms with Gasteiger partial charge in [-0.05, 0) is 61.6 Å². The zero-order chi connectivity index (χ0) is 30.9. The summed E-state index contributed by atoms with van der Waals surface area (Å²) in [4.78, 5) is 28.9. The maximum absolute atomic E-state index is 14.1. The normalized spacial score (nSPS) is 15.2. The average molecular weight is 634 g/mol. The van der Waals surface area contributed by atoms with Crippen molar-refractivity contribution >= 4 is 30.3 Å². The van der Waals surface area contributed by atoms with Crippen LogP contribution in [-0.4, -0.2) is 67.4 Å². The Bertz CT molecular complexity index is 1480. The fourth-order valence-electron chi connectivity index (χ4n) is 5.78. The summed E-state index contributed by atoms with van der Waals surface area (Å²) in [5, 5.41) is 2.54. The molecule has 1 aliphatic carbocycles. The van der Waals surface area contributed by atoms with Crippen LogP contribution in [0.2, 0.25) is 0 Å². The molecular formula is C32H36BF3KN3O4. The topological polar surface area (TPSA) is 71.1 Å². The van der Waals surface area contributed by atoms with Crippen LogP contribution in [0.4, 0.5) is 28.2 Å². The van der Waals surface area contributed by atoms with Crippen molar-refractivity contribution in [2.45, 2.75) is 45.8 Å². The van der Waals surface area contributed by atoms with E-state index in [1.165, 1.54) is 6.92 Å². The second-order valence-electron chi connectivity index (χ2n) is 12.1. The standard InChI is InChI=1S/C32H36BF3N3O4.K/c1-21-22(19-38-13-15-39(16-14-38)31(41)43-32(2,3)4)17-23(18-29(21)33(34,35)36)37-30(40)42-20-28-26-11-7-5-9-24(26)25-10-6-8-12-27(25)28;/h5-12,17-18,28H,13-16,19-20H2,1-4H3,(H,37,40);/q-1;+1. The van der Waals surface area contributed by atoms with Crippen LogP contribution in [0.1, 0.15) is 48.9 Å². The molecular weight excluding hydrogens is 597 g/mol. The van der Waals surface area contributed by atoms with Crippen LogP contribution >= 0.6 is 0 Å². The van der Waals surface area contributed by atoms with Gasteiger partial charge in [-0.2, -0.15) is 0 Å². The van der Waals surface area contributed by atoms with Crippen LogP contribution in [0.3, 0.4) is 0 Å². The molecule has 0 aromatic heterocycles. The second kappa shape index (κ2) is 14.0. The number of nitrogens with zero attached hydrogens (tertiary/aromatic N) is 2. The van der Waals surface area contributed by atoms with Crippen LogP contribution in [-0.2, 0) is 16.0 Å².